The number of hydrogen-bond donors (Lipinski definition) is 0. The summed E-state index contributed by atoms with van der Waals surface area (Å²) in [4.78, 5) is 2.31. The number of ether oxygens (including phenoxy) is 4. The van der Waals surface area contributed by atoms with Crippen LogP contribution in [0.3, 0.4) is 0 Å². The molecule has 0 unspecified atom stereocenters. The van der Waals surface area contributed by atoms with Crippen molar-refractivity contribution in [1.82, 2.24) is 4.90 Å². The standard InChI is InChI=1S/C20H24FNO4/c1-23-16-12-15(18-4-3-5-19(21)20(18)24-2)13-17(14-16)26-11-8-22-6-9-25-10-7-22/h3-5,12-14H,6-11H2,1-2H3. The van der Waals surface area contributed by atoms with Gasteiger partial charge in [0.25, 0.3) is 0 Å². The first-order valence-corrected chi connectivity index (χ1v) is 8.66. The van der Waals surface area contributed by atoms with E-state index in [1.165, 1.54) is 13.2 Å². The van der Waals surface area contributed by atoms with E-state index in [4.69, 9.17) is 18.9 Å². The summed E-state index contributed by atoms with van der Waals surface area (Å²) < 4.78 is 35.9. The maximum Gasteiger partial charge on any atom is 0.165 e. The lowest BCUT2D eigenvalue weighted by Gasteiger charge is -2.26. The summed E-state index contributed by atoms with van der Waals surface area (Å²) in [6.45, 7) is 4.78. The summed E-state index contributed by atoms with van der Waals surface area (Å²) >= 11 is 0. The van der Waals surface area contributed by atoms with E-state index in [1.807, 2.05) is 24.3 Å². The maximum atomic E-state index is 14.0. The summed E-state index contributed by atoms with van der Waals surface area (Å²) in [5.74, 6) is 1.14. The third kappa shape index (κ3) is 4.45. The molecular formula is C20H24FNO4. The fourth-order valence-corrected chi connectivity index (χ4v) is 2.99. The van der Waals surface area contributed by atoms with Gasteiger partial charge in [-0.3, -0.25) is 4.90 Å². The van der Waals surface area contributed by atoms with Crippen LogP contribution in [0.5, 0.6) is 17.2 Å². The van der Waals surface area contributed by atoms with Gasteiger partial charge in [-0.15, -0.1) is 0 Å². The predicted octanol–water partition coefficient (Wildman–Crippen LogP) is 3.22. The number of halogens is 1. The first kappa shape index (κ1) is 18.5. The molecule has 1 saturated heterocycles. The Hall–Kier alpha value is -2.31. The van der Waals surface area contributed by atoms with E-state index in [9.17, 15) is 4.39 Å². The fraction of sp³-hybridized carbons (Fsp3) is 0.400. The normalized spacial score (nSPS) is 14.9. The summed E-state index contributed by atoms with van der Waals surface area (Å²) in [5.41, 5.74) is 1.44. The van der Waals surface area contributed by atoms with Crippen LogP contribution in [0.2, 0.25) is 0 Å². The highest BCUT2D eigenvalue weighted by Gasteiger charge is 2.14. The molecule has 0 N–H and O–H groups in total. The van der Waals surface area contributed by atoms with Crippen LogP contribution in [-0.4, -0.2) is 58.6 Å². The highest BCUT2D eigenvalue weighted by atomic mass is 19.1. The summed E-state index contributed by atoms with van der Waals surface area (Å²) in [5, 5.41) is 0. The molecule has 0 bridgehead atoms. The molecule has 0 spiro atoms. The van der Waals surface area contributed by atoms with Crippen molar-refractivity contribution < 1.29 is 23.3 Å². The Bertz CT molecular complexity index is 732. The Kier molecular flexibility index (Phi) is 6.30. The van der Waals surface area contributed by atoms with Crippen molar-refractivity contribution in [3.8, 4) is 28.4 Å². The highest BCUT2D eigenvalue weighted by Crippen LogP contribution is 2.36. The zero-order chi connectivity index (χ0) is 18.4. The van der Waals surface area contributed by atoms with Crippen molar-refractivity contribution in [2.45, 2.75) is 0 Å². The van der Waals surface area contributed by atoms with E-state index in [0.717, 1.165) is 38.4 Å². The number of benzene rings is 2. The molecule has 0 saturated carbocycles. The lowest BCUT2D eigenvalue weighted by molar-refractivity contribution is 0.0322. The molecule has 140 valence electrons. The van der Waals surface area contributed by atoms with Crippen LogP contribution < -0.4 is 14.2 Å². The molecule has 3 rings (SSSR count). The number of hydrogen-bond acceptors (Lipinski definition) is 5. The zero-order valence-corrected chi connectivity index (χ0v) is 15.2. The number of morpholine rings is 1. The molecule has 1 aliphatic heterocycles. The minimum absolute atomic E-state index is 0.208. The Morgan fingerprint density at radius 1 is 1.04 bits per heavy atom. The summed E-state index contributed by atoms with van der Waals surface area (Å²) in [6.07, 6.45) is 0. The smallest absolute Gasteiger partial charge is 0.165 e. The minimum Gasteiger partial charge on any atom is -0.497 e. The molecule has 2 aromatic carbocycles. The molecule has 1 heterocycles. The predicted molar refractivity (Wildman–Crippen MR) is 97.7 cm³/mol. The summed E-state index contributed by atoms with van der Waals surface area (Å²) in [7, 11) is 3.06. The van der Waals surface area contributed by atoms with E-state index in [0.29, 0.717) is 23.7 Å². The average Bonchev–Trinajstić information content (AvgIpc) is 2.68. The Balaban J connectivity index is 1.77. The molecule has 0 aliphatic carbocycles. The molecule has 0 atom stereocenters. The van der Waals surface area contributed by atoms with E-state index in [2.05, 4.69) is 4.90 Å². The van der Waals surface area contributed by atoms with Crippen molar-refractivity contribution >= 4 is 0 Å². The maximum absolute atomic E-state index is 14.0. The van der Waals surface area contributed by atoms with Crippen LogP contribution in [0.4, 0.5) is 4.39 Å². The molecule has 26 heavy (non-hydrogen) atoms. The van der Waals surface area contributed by atoms with Gasteiger partial charge >= 0.3 is 0 Å². The highest BCUT2D eigenvalue weighted by molar-refractivity contribution is 5.73. The van der Waals surface area contributed by atoms with Gasteiger partial charge < -0.3 is 18.9 Å². The third-order valence-electron chi connectivity index (χ3n) is 4.38. The Labute approximate surface area is 153 Å². The van der Waals surface area contributed by atoms with E-state index in [-0.39, 0.29) is 5.75 Å². The average molecular weight is 361 g/mol. The minimum atomic E-state index is -0.400. The molecule has 0 radical (unpaired) electrons. The molecule has 1 fully saturated rings. The van der Waals surface area contributed by atoms with Crippen LogP contribution in [-0.2, 0) is 4.74 Å². The zero-order valence-electron chi connectivity index (χ0n) is 15.2. The van der Waals surface area contributed by atoms with Gasteiger partial charge in [-0.25, -0.2) is 4.39 Å². The van der Waals surface area contributed by atoms with E-state index in [1.54, 1.807) is 13.2 Å². The van der Waals surface area contributed by atoms with E-state index >= 15 is 0 Å². The fourth-order valence-electron chi connectivity index (χ4n) is 2.99. The van der Waals surface area contributed by atoms with Gasteiger partial charge in [0.2, 0.25) is 0 Å². The SMILES string of the molecule is COc1cc(OCCN2CCOCC2)cc(-c2cccc(F)c2OC)c1. The second-order valence-electron chi connectivity index (χ2n) is 6.02. The van der Waals surface area contributed by atoms with Gasteiger partial charge in [0.1, 0.15) is 18.1 Å². The number of rotatable bonds is 7. The lowest BCUT2D eigenvalue weighted by atomic mass is 10.0. The molecule has 6 heteroatoms. The number of nitrogens with zero attached hydrogens (tertiary/aromatic N) is 1. The molecule has 0 aromatic heterocycles. The van der Waals surface area contributed by atoms with Gasteiger partial charge in [0, 0.05) is 31.3 Å². The van der Waals surface area contributed by atoms with Crippen molar-refractivity contribution in [1.29, 1.82) is 0 Å². The monoisotopic (exact) mass is 361 g/mol. The second kappa shape index (κ2) is 8.87. The molecular weight excluding hydrogens is 337 g/mol. The Morgan fingerprint density at radius 2 is 1.81 bits per heavy atom. The summed E-state index contributed by atoms with van der Waals surface area (Å²) in [6, 6.07) is 10.4. The van der Waals surface area contributed by atoms with Crippen LogP contribution in [0, 0.1) is 5.82 Å². The van der Waals surface area contributed by atoms with Crippen LogP contribution in [0.1, 0.15) is 0 Å². The van der Waals surface area contributed by atoms with Crippen LogP contribution >= 0.6 is 0 Å². The van der Waals surface area contributed by atoms with Crippen molar-refractivity contribution in [3.63, 3.8) is 0 Å². The van der Waals surface area contributed by atoms with Gasteiger partial charge in [-0.2, -0.15) is 0 Å². The molecule has 2 aromatic rings. The number of para-hydroxylation sites is 1. The van der Waals surface area contributed by atoms with Gasteiger partial charge in [0.15, 0.2) is 11.6 Å². The van der Waals surface area contributed by atoms with Crippen molar-refractivity contribution in [3.05, 3.63) is 42.2 Å². The first-order valence-electron chi connectivity index (χ1n) is 8.66. The lowest BCUT2D eigenvalue weighted by Crippen LogP contribution is -2.38. The van der Waals surface area contributed by atoms with E-state index < -0.39 is 5.82 Å². The van der Waals surface area contributed by atoms with Gasteiger partial charge in [-0.1, -0.05) is 12.1 Å². The van der Waals surface area contributed by atoms with Crippen LogP contribution in [0.25, 0.3) is 11.1 Å². The third-order valence-corrected chi connectivity index (χ3v) is 4.38. The van der Waals surface area contributed by atoms with Gasteiger partial charge in [0.05, 0.1) is 27.4 Å². The second-order valence-corrected chi connectivity index (χ2v) is 6.02. The van der Waals surface area contributed by atoms with Crippen LogP contribution in [0.15, 0.2) is 36.4 Å². The quantitative estimate of drug-likeness (QED) is 0.757. The Morgan fingerprint density at radius 3 is 2.54 bits per heavy atom. The largest absolute Gasteiger partial charge is 0.497 e. The molecule has 0 amide bonds. The topological polar surface area (TPSA) is 40.2 Å². The first-order chi connectivity index (χ1) is 12.7. The van der Waals surface area contributed by atoms with Crippen molar-refractivity contribution in [2.75, 3.05) is 53.7 Å². The number of methoxy groups -OCH3 is 2. The van der Waals surface area contributed by atoms with Crippen molar-refractivity contribution in [2.24, 2.45) is 0 Å². The molecule has 5 nitrogen and oxygen atoms in total. The van der Waals surface area contributed by atoms with Gasteiger partial charge in [-0.05, 0) is 23.8 Å². The molecule has 1 aliphatic rings.